The highest BCUT2D eigenvalue weighted by atomic mass is 17.1. The van der Waals surface area contributed by atoms with Crippen LogP contribution in [-0.2, 0) is 10.1 Å². The molecule has 1 atom stereocenters. The van der Waals surface area contributed by atoms with E-state index in [1.54, 1.807) is 0 Å². The monoisotopic (exact) mass is 189 g/mol. The second-order valence-electron chi connectivity index (χ2n) is 3.90. The quantitative estimate of drug-likeness (QED) is 0.519. The van der Waals surface area contributed by atoms with Crippen molar-refractivity contribution in [1.82, 2.24) is 0 Å². The Balaban J connectivity index is 2.44. The molecule has 2 rings (SSSR count). The molecule has 1 radical (unpaired) electrons. The summed E-state index contributed by atoms with van der Waals surface area (Å²) in [6, 6.07) is 7.86. The van der Waals surface area contributed by atoms with Crippen molar-refractivity contribution >= 4 is 6.08 Å². The summed E-state index contributed by atoms with van der Waals surface area (Å²) >= 11 is 0. The summed E-state index contributed by atoms with van der Waals surface area (Å²) in [4.78, 5) is 4.29. The van der Waals surface area contributed by atoms with Crippen LogP contribution in [0.3, 0.4) is 0 Å². The Hall–Kier alpha value is -1.12. The van der Waals surface area contributed by atoms with Gasteiger partial charge in [0.2, 0.25) is 0 Å². The van der Waals surface area contributed by atoms with E-state index in [0.29, 0.717) is 5.92 Å². The first-order chi connectivity index (χ1) is 6.74. The molecular formula is C12H13O2. The zero-order valence-electron chi connectivity index (χ0n) is 8.36. The summed E-state index contributed by atoms with van der Waals surface area (Å²) in [7, 11) is 0. The van der Waals surface area contributed by atoms with Crippen LogP contribution in [0.5, 0.6) is 0 Å². The molecule has 2 heteroatoms. The lowest BCUT2D eigenvalue weighted by Crippen LogP contribution is -2.05. The third-order valence-corrected chi connectivity index (χ3v) is 2.67. The molecule has 0 heterocycles. The molecule has 14 heavy (non-hydrogen) atoms. The molecule has 0 saturated carbocycles. The second kappa shape index (κ2) is 3.56. The fraction of sp³-hybridized carbons (Fsp3) is 0.333. The molecule has 2 nitrogen and oxygen atoms in total. The number of hydrogen-bond donors (Lipinski definition) is 0. The Morgan fingerprint density at radius 2 is 2.00 bits per heavy atom. The number of benzene rings is 1. The van der Waals surface area contributed by atoms with Gasteiger partial charge in [0.05, 0.1) is 0 Å². The van der Waals surface area contributed by atoms with Gasteiger partial charge in [-0.3, -0.25) is 0 Å². The minimum absolute atomic E-state index is 0.348. The molecule has 0 saturated heterocycles. The normalized spacial score (nSPS) is 19.7. The molecule has 0 N–H and O–H groups in total. The lowest BCUT2D eigenvalue weighted by atomic mass is 9.98. The van der Waals surface area contributed by atoms with Gasteiger partial charge in [-0.05, 0) is 27.9 Å². The molecule has 0 amide bonds. The average Bonchev–Trinajstić information content (AvgIpc) is 2.56. The molecule has 0 bridgehead atoms. The zero-order valence-corrected chi connectivity index (χ0v) is 8.36. The Morgan fingerprint density at radius 1 is 1.29 bits per heavy atom. The highest BCUT2D eigenvalue weighted by Gasteiger charge is 2.27. The Labute approximate surface area is 83.8 Å². The predicted molar refractivity (Wildman–Crippen MR) is 53.8 cm³/mol. The van der Waals surface area contributed by atoms with Crippen molar-refractivity contribution in [2.75, 3.05) is 0 Å². The molecular weight excluding hydrogens is 176 g/mol. The second-order valence-corrected chi connectivity index (χ2v) is 3.90. The molecule has 1 aliphatic rings. The predicted octanol–water partition coefficient (Wildman–Crippen LogP) is 3.14. The van der Waals surface area contributed by atoms with E-state index in [2.05, 4.69) is 24.8 Å². The molecule has 0 aliphatic heterocycles. The van der Waals surface area contributed by atoms with Crippen molar-refractivity contribution in [3.63, 3.8) is 0 Å². The highest BCUT2D eigenvalue weighted by molar-refractivity contribution is 5.65. The van der Waals surface area contributed by atoms with E-state index >= 15 is 0 Å². The smallest absolute Gasteiger partial charge is 0.143 e. The van der Waals surface area contributed by atoms with Gasteiger partial charge in [-0.1, -0.05) is 44.2 Å². The van der Waals surface area contributed by atoms with E-state index in [0.717, 1.165) is 16.7 Å². The van der Waals surface area contributed by atoms with Crippen LogP contribution in [0.4, 0.5) is 0 Å². The summed E-state index contributed by atoms with van der Waals surface area (Å²) in [5.74, 6) is 0.348. The van der Waals surface area contributed by atoms with Crippen LogP contribution >= 0.6 is 0 Å². The first-order valence-corrected chi connectivity index (χ1v) is 4.83. The van der Waals surface area contributed by atoms with Crippen molar-refractivity contribution in [3.8, 4) is 0 Å². The van der Waals surface area contributed by atoms with Gasteiger partial charge in [-0.25, -0.2) is 0 Å². The van der Waals surface area contributed by atoms with Crippen molar-refractivity contribution in [2.45, 2.75) is 20.0 Å². The molecule has 0 spiro atoms. The van der Waals surface area contributed by atoms with Gasteiger partial charge < -0.3 is 0 Å². The molecule has 1 aromatic rings. The van der Waals surface area contributed by atoms with Crippen molar-refractivity contribution < 1.29 is 10.1 Å². The van der Waals surface area contributed by atoms with Crippen LogP contribution in [0.2, 0.25) is 0 Å². The molecule has 1 aromatic carbocycles. The summed E-state index contributed by atoms with van der Waals surface area (Å²) in [6.07, 6.45) is 1.67. The first-order valence-electron chi connectivity index (χ1n) is 4.83. The summed E-state index contributed by atoms with van der Waals surface area (Å²) < 4.78 is 0. The molecule has 73 valence electrons. The fourth-order valence-corrected chi connectivity index (χ4v) is 1.89. The topological polar surface area (TPSA) is 29.1 Å². The van der Waals surface area contributed by atoms with Gasteiger partial charge in [0.1, 0.15) is 6.10 Å². The average molecular weight is 189 g/mol. The third-order valence-electron chi connectivity index (χ3n) is 2.67. The molecule has 1 aliphatic carbocycles. The highest BCUT2D eigenvalue weighted by Crippen LogP contribution is 2.39. The summed E-state index contributed by atoms with van der Waals surface area (Å²) in [5, 5.41) is 10.7. The number of hydrogen-bond acceptors (Lipinski definition) is 1. The molecule has 0 aromatic heterocycles. The SMILES string of the molecule is CC(C)C1=Cc2ccccc2C1O[O]. The maximum absolute atomic E-state index is 10.7. The van der Waals surface area contributed by atoms with Crippen LogP contribution in [-0.4, -0.2) is 0 Å². The van der Waals surface area contributed by atoms with Gasteiger partial charge in [0.15, 0.2) is 0 Å². The maximum Gasteiger partial charge on any atom is 0.143 e. The van der Waals surface area contributed by atoms with Gasteiger partial charge >= 0.3 is 0 Å². The van der Waals surface area contributed by atoms with E-state index in [-0.39, 0.29) is 6.10 Å². The van der Waals surface area contributed by atoms with Crippen LogP contribution in [0.25, 0.3) is 6.08 Å². The minimum Gasteiger partial charge on any atom is -0.191 e. The van der Waals surface area contributed by atoms with Gasteiger partial charge in [0, 0.05) is 0 Å². The van der Waals surface area contributed by atoms with Gasteiger partial charge in [0.25, 0.3) is 0 Å². The first kappa shape index (κ1) is 9.44. The van der Waals surface area contributed by atoms with Gasteiger partial charge in [-0.15, -0.1) is 0 Å². The Kier molecular flexibility index (Phi) is 2.40. The van der Waals surface area contributed by atoms with Crippen LogP contribution in [0.15, 0.2) is 29.8 Å². The standard InChI is InChI=1S/C12H13O2/c1-8(2)11-7-9-5-3-4-6-10(9)12(11)14-13/h3-8,12H,1-2H3. The van der Waals surface area contributed by atoms with Crippen molar-refractivity contribution in [3.05, 3.63) is 41.0 Å². The lowest BCUT2D eigenvalue weighted by molar-refractivity contribution is -0.329. The van der Waals surface area contributed by atoms with Crippen LogP contribution in [0, 0.1) is 5.92 Å². The Bertz CT molecular complexity index is 366. The summed E-state index contributed by atoms with van der Waals surface area (Å²) in [5.41, 5.74) is 3.17. The van der Waals surface area contributed by atoms with Crippen LogP contribution < -0.4 is 0 Å². The maximum atomic E-state index is 10.7. The van der Waals surface area contributed by atoms with Gasteiger partial charge in [-0.2, -0.15) is 4.89 Å². The summed E-state index contributed by atoms with van der Waals surface area (Å²) in [6.45, 7) is 4.15. The molecule has 0 fully saturated rings. The van der Waals surface area contributed by atoms with Crippen molar-refractivity contribution in [1.29, 1.82) is 0 Å². The third kappa shape index (κ3) is 1.37. The van der Waals surface area contributed by atoms with Crippen molar-refractivity contribution in [2.24, 2.45) is 5.92 Å². The lowest BCUT2D eigenvalue weighted by Gasteiger charge is -2.14. The number of rotatable bonds is 2. The van der Waals surface area contributed by atoms with E-state index < -0.39 is 0 Å². The largest absolute Gasteiger partial charge is 0.191 e. The fourth-order valence-electron chi connectivity index (χ4n) is 1.89. The zero-order chi connectivity index (χ0) is 10.1. The van der Waals surface area contributed by atoms with Crippen LogP contribution in [0.1, 0.15) is 31.1 Å². The number of fused-ring (bicyclic) bond motifs is 1. The van der Waals surface area contributed by atoms with E-state index in [4.69, 9.17) is 0 Å². The minimum atomic E-state index is -0.383. The van der Waals surface area contributed by atoms with E-state index in [1.807, 2.05) is 24.3 Å². The molecule has 1 unspecified atom stereocenters. The van der Waals surface area contributed by atoms with E-state index in [1.165, 1.54) is 0 Å². The van der Waals surface area contributed by atoms with E-state index in [9.17, 15) is 5.26 Å². The Morgan fingerprint density at radius 3 is 2.64 bits per heavy atom.